The van der Waals surface area contributed by atoms with Gasteiger partial charge in [0, 0.05) is 19.4 Å². The highest BCUT2D eigenvalue weighted by molar-refractivity contribution is 6.71. The number of hydrogen-bond donors (Lipinski definition) is 0. The Morgan fingerprint density at radius 2 is 1.88 bits per heavy atom. The lowest BCUT2D eigenvalue weighted by atomic mass is 9.93. The van der Waals surface area contributed by atoms with E-state index in [1.165, 1.54) is 6.92 Å². The van der Waals surface area contributed by atoms with Gasteiger partial charge in [0.2, 0.25) is 5.78 Å². The zero-order valence-electron chi connectivity index (χ0n) is 11.5. The van der Waals surface area contributed by atoms with E-state index >= 15 is 0 Å². The van der Waals surface area contributed by atoms with Crippen molar-refractivity contribution in [3.63, 3.8) is 0 Å². The summed E-state index contributed by atoms with van der Waals surface area (Å²) in [6, 6.07) is 0.744. The van der Waals surface area contributed by atoms with Crippen LogP contribution in [-0.4, -0.2) is 27.1 Å². The molecule has 0 rings (SSSR count). The summed E-state index contributed by atoms with van der Waals surface area (Å²) in [4.78, 5) is 11.7. The lowest BCUT2D eigenvalue weighted by molar-refractivity contribution is -0.148. The van der Waals surface area contributed by atoms with Gasteiger partial charge in [-0.05, 0) is 32.0 Å². The van der Waals surface area contributed by atoms with E-state index < -0.39 is 32.4 Å². The van der Waals surface area contributed by atoms with Gasteiger partial charge in [-0.3, -0.25) is 4.79 Å². The maximum Gasteiger partial charge on any atom is 0.305 e. The Balaban J connectivity index is 4.50. The number of alkyl halides is 2. The molecule has 0 bridgehead atoms. The second-order valence-electron chi connectivity index (χ2n) is 5.03. The van der Waals surface area contributed by atoms with E-state index in [1.54, 1.807) is 14.0 Å². The Morgan fingerprint density at radius 3 is 2.24 bits per heavy atom. The number of ketones is 1. The molecule has 0 aromatic rings. The molecule has 0 amide bonds. The maximum atomic E-state index is 13.3. The SMILES string of the molecule is CCC(CC[Si](C)(C)OC)C(=O)C(F)(F)CC. The number of carbonyl (C=O) groups excluding carboxylic acids is 1. The fraction of sp³-hybridized carbons (Fsp3) is 0.917. The van der Waals surface area contributed by atoms with Crippen LogP contribution in [0.15, 0.2) is 0 Å². The molecule has 0 spiro atoms. The summed E-state index contributed by atoms with van der Waals surface area (Å²) in [6.45, 7) is 7.19. The molecular formula is C12H24F2O2Si. The van der Waals surface area contributed by atoms with E-state index in [2.05, 4.69) is 0 Å². The van der Waals surface area contributed by atoms with Crippen LogP contribution in [0.5, 0.6) is 0 Å². The van der Waals surface area contributed by atoms with Crippen LogP contribution in [0.1, 0.15) is 33.1 Å². The van der Waals surface area contributed by atoms with Gasteiger partial charge in [-0.25, -0.2) is 0 Å². The molecular weight excluding hydrogens is 242 g/mol. The van der Waals surface area contributed by atoms with Crippen molar-refractivity contribution < 1.29 is 18.0 Å². The monoisotopic (exact) mass is 266 g/mol. The van der Waals surface area contributed by atoms with Crippen LogP contribution in [0.3, 0.4) is 0 Å². The van der Waals surface area contributed by atoms with Crippen LogP contribution in [0.2, 0.25) is 19.1 Å². The molecule has 0 aromatic carbocycles. The lowest BCUT2D eigenvalue weighted by Gasteiger charge is -2.24. The second kappa shape index (κ2) is 6.59. The molecule has 102 valence electrons. The largest absolute Gasteiger partial charge is 0.420 e. The predicted octanol–water partition coefficient (Wildman–Crippen LogP) is 3.87. The summed E-state index contributed by atoms with van der Waals surface area (Å²) in [5.74, 6) is -4.60. The lowest BCUT2D eigenvalue weighted by Crippen LogP contribution is -2.36. The van der Waals surface area contributed by atoms with Crippen LogP contribution in [-0.2, 0) is 9.22 Å². The van der Waals surface area contributed by atoms with Crippen LogP contribution >= 0.6 is 0 Å². The standard InChI is InChI=1S/C12H24F2O2Si/c1-6-10(8-9-17(4,5)16-3)11(15)12(13,14)7-2/h10H,6-9H2,1-5H3. The third kappa shape index (κ3) is 5.25. The van der Waals surface area contributed by atoms with E-state index in [9.17, 15) is 13.6 Å². The van der Waals surface area contributed by atoms with Gasteiger partial charge < -0.3 is 4.43 Å². The molecule has 0 aromatic heterocycles. The highest BCUT2D eigenvalue weighted by Crippen LogP contribution is 2.29. The van der Waals surface area contributed by atoms with Gasteiger partial charge in [-0.2, -0.15) is 8.78 Å². The Hall–Kier alpha value is -0.293. The normalized spacial score (nSPS) is 14.8. The molecule has 5 heteroatoms. The minimum Gasteiger partial charge on any atom is -0.420 e. The highest BCUT2D eigenvalue weighted by atomic mass is 28.4. The molecule has 1 unspecified atom stereocenters. The third-order valence-electron chi connectivity index (χ3n) is 3.32. The minimum absolute atomic E-state index is 0.409. The molecule has 0 aliphatic rings. The molecule has 0 radical (unpaired) electrons. The van der Waals surface area contributed by atoms with E-state index in [0.717, 1.165) is 6.04 Å². The molecule has 0 fully saturated rings. The zero-order valence-corrected chi connectivity index (χ0v) is 12.5. The highest BCUT2D eigenvalue weighted by Gasteiger charge is 2.40. The maximum absolute atomic E-state index is 13.3. The van der Waals surface area contributed by atoms with Crippen molar-refractivity contribution in [2.75, 3.05) is 7.11 Å². The van der Waals surface area contributed by atoms with Gasteiger partial charge in [0.1, 0.15) is 0 Å². The van der Waals surface area contributed by atoms with E-state index in [4.69, 9.17) is 4.43 Å². The van der Waals surface area contributed by atoms with Crippen molar-refractivity contribution in [2.45, 2.75) is 58.2 Å². The van der Waals surface area contributed by atoms with Crippen molar-refractivity contribution >= 4 is 14.1 Å². The van der Waals surface area contributed by atoms with E-state index in [-0.39, 0.29) is 0 Å². The molecule has 0 saturated carbocycles. The fourth-order valence-electron chi connectivity index (χ4n) is 1.62. The topological polar surface area (TPSA) is 26.3 Å². The molecule has 2 nitrogen and oxygen atoms in total. The van der Waals surface area contributed by atoms with Crippen LogP contribution < -0.4 is 0 Å². The first-order chi connectivity index (χ1) is 7.70. The van der Waals surface area contributed by atoms with Gasteiger partial charge in [0.25, 0.3) is 0 Å². The zero-order chi connectivity index (χ0) is 13.7. The first-order valence-electron chi connectivity index (χ1n) is 6.17. The molecule has 1 atom stereocenters. The van der Waals surface area contributed by atoms with Crippen molar-refractivity contribution in [3.05, 3.63) is 0 Å². The van der Waals surface area contributed by atoms with Gasteiger partial charge >= 0.3 is 5.92 Å². The molecule has 17 heavy (non-hydrogen) atoms. The number of hydrogen-bond acceptors (Lipinski definition) is 2. The summed E-state index contributed by atoms with van der Waals surface area (Å²) in [5.41, 5.74) is 0. The summed E-state index contributed by atoms with van der Waals surface area (Å²) in [5, 5.41) is 0. The van der Waals surface area contributed by atoms with Crippen molar-refractivity contribution in [2.24, 2.45) is 5.92 Å². The first-order valence-corrected chi connectivity index (χ1v) is 9.29. The van der Waals surface area contributed by atoms with E-state index in [1.807, 2.05) is 13.1 Å². The quantitative estimate of drug-likeness (QED) is 0.623. The average Bonchev–Trinajstić information content (AvgIpc) is 2.29. The van der Waals surface area contributed by atoms with Crippen LogP contribution in [0.4, 0.5) is 8.78 Å². The summed E-state index contributed by atoms with van der Waals surface area (Å²) >= 11 is 0. The molecule has 0 aliphatic heterocycles. The Kier molecular flexibility index (Phi) is 6.48. The van der Waals surface area contributed by atoms with Crippen LogP contribution in [0.25, 0.3) is 0 Å². The van der Waals surface area contributed by atoms with Crippen molar-refractivity contribution in [1.29, 1.82) is 0 Å². The number of Topliss-reactive ketones (excluding diaryl/α,β-unsaturated/α-hetero) is 1. The Morgan fingerprint density at radius 1 is 1.35 bits per heavy atom. The summed E-state index contributed by atoms with van der Waals surface area (Å²) in [7, 11) is -0.120. The molecule has 0 saturated heterocycles. The molecule has 0 heterocycles. The third-order valence-corrected chi connectivity index (χ3v) is 5.91. The van der Waals surface area contributed by atoms with Crippen LogP contribution in [0, 0.1) is 5.92 Å². The Bertz CT molecular complexity index is 255. The minimum atomic E-state index is -3.17. The second-order valence-corrected chi connectivity index (χ2v) is 9.46. The van der Waals surface area contributed by atoms with Gasteiger partial charge in [-0.1, -0.05) is 13.8 Å². The molecule has 0 N–H and O–H groups in total. The molecule has 0 aliphatic carbocycles. The smallest absolute Gasteiger partial charge is 0.305 e. The first kappa shape index (κ1) is 16.7. The number of halogens is 2. The van der Waals surface area contributed by atoms with Gasteiger partial charge in [0.15, 0.2) is 8.32 Å². The number of rotatable bonds is 8. The number of carbonyl (C=O) groups is 1. The van der Waals surface area contributed by atoms with Crippen molar-refractivity contribution in [1.82, 2.24) is 0 Å². The average molecular weight is 266 g/mol. The van der Waals surface area contributed by atoms with Crippen molar-refractivity contribution in [3.8, 4) is 0 Å². The van der Waals surface area contributed by atoms with E-state index in [0.29, 0.717) is 12.8 Å². The summed E-state index contributed by atoms with van der Waals surface area (Å²) in [6.07, 6.45) is 0.577. The van der Waals surface area contributed by atoms with Gasteiger partial charge in [-0.15, -0.1) is 0 Å². The van der Waals surface area contributed by atoms with Gasteiger partial charge in [0.05, 0.1) is 0 Å². The Labute approximate surface area is 104 Å². The summed E-state index contributed by atoms with van der Waals surface area (Å²) < 4.78 is 32.0. The predicted molar refractivity (Wildman–Crippen MR) is 67.9 cm³/mol. The fourth-order valence-corrected chi connectivity index (χ4v) is 2.87.